The normalized spacial score (nSPS) is 9.15. The molecular weight excluding hydrogens is 166 g/mol. The molecule has 0 fully saturated rings. The lowest BCUT2D eigenvalue weighted by atomic mass is 10.6. The second-order valence-corrected chi connectivity index (χ2v) is 2.07. The highest BCUT2D eigenvalue weighted by Crippen LogP contribution is 2.02. The van der Waals surface area contributed by atoms with E-state index in [1.54, 1.807) is 17.8 Å². The summed E-state index contributed by atoms with van der Waals surface area (Å²) >= 11 is 0. The molecule has 0 amide bonds. The summed E-state index contributed by atoms with van der Waals surface area (Å²) in [6.07, 6.45) is 1.69. The molecule has 13 heavy (non-hydrogen) atoms. The summed E-state index contributed by atoms with van der Waals surface area (Å²) in [6, 6.07) is 3.67. The number of hydrogen-bond donors (Lipinski definition) is 1. The van der Waals surface area contributed by atoms with Crippen LogP contribution in [-0.2, 0) is 0 Å². The van der Waals surface area contributed by atoms with E-state index >= 15 is 0 Å². The quantitative estimate of drug-likeness (QED) is 0.714. The van der Waals surface area contributed by atoms with Gasteiger partial charge in [0.1, 0.15) is 0 Å². The summed E-state index contributed by atoms with van der Waals surface area (Å²) in [5.74, 6) is 0.653. The number of rotatable bonds is 1. The second kappa shape index (κ2) is 4.39. The van der Waals surface area contributed by atoms with Crippen molar-refractivity contribution in [2.45, 2.75) is 13.8 Å². The monoisotopic (exact) mass is 179 g/mol. The number of nitrogens with zero attached hydrogens (tertiary/aromatic N) is 4. The van der Waals surface area contributed by atoms with Crippen molar-refractivity contribution in [1.82, 2.24) is 19.8 Å². The average Bonchev–Trinajstić information content (AvgIpc) is 2.64. The summed E-state index contributed by atoms with van der Waals surface area (Å²) < 4.78 is 1.64. The van der Waals surface area contributed by atoms with Crippen molar-refractivity contribution in [2.24, 2.45) is 0 Å². The van der Waals surface area contributed by atoms with Gasteiger partial charge < -0.3 is 5.32 Å². The molecule has 0 aromatic carbocycles. The van der Waals surface area contributed by atoms with Gasteiger partial charge in [-0.2, -0.15) is 9.61 Å². The SMILES string of the molecule is CC.CNc1nnc2cccnn12. The maximum Gasteiger partial charge on any atom is 0.245 e. The van der Waals surface area contributed by atoms with Gasteiger partial charge in [-0.25, -0.2) is 0 Å². The highest BCUT2D eigenvalue weighted by atomic mass is 15.4. The van der Waals surface area contributed by atoms with Gasteiger partial charge in [0.15, 0.2) is 5.65 Å². The number of nitrogens with one attached hydrogen (secondary N) is 1. The van der Waals surface area contributed by atoms with E-state index in [4.69, 9.17) is 0 Å². The van der Waals surface area contributed by atoms with E-state index in [0.29, 0.717) is 5.95 Å². The molecule has 2 heterocycles. The third-order valence-electron chi connectivity index (χ3n) is 1.40. The Bertz CT molecular complexity index is 367. The molecule has 2 aromatic heterocycles. The molecule has 0 saturated carbocycles. The predicted octanol–water partition coefficient (Wildman–Crippen LogP) is 1.19. The highest BCUT2D eigenvalue weighted by Gasteiger charge is 2.00. The molecule has 2 aromatic rings. The van der Waals surface area contributed by atoms with Gasteiger partial charge in [-0.1, -0.05) is 13.8 Å². The maximum absolute atomic E-state index is 4.04. The van der Waals surface area contributed by atoms with Gasteiger partial charge in [-0.15, -0.1) is 10.2 Å². The zero-order valence-electron chi connectivity index (χ0n) is 8.02. The molecule has 5 heteroatoms. The number of anilines is 1. The fourth-order valence-electron chi connectivity index (χ4n) is 0.900. The summed E-state index contributed by atoms with van der Waals surface area (Å²) in [7, 11) is 1.78. The first kappa shape index (κ1) is 9.44. The van der Waals surface area contributed by atoms with Crippen LogP contribution in [0.15, 0.2) is 18.3 Å². The lowest BCUT2D eigenvalue weighted by molar-refractivity contribution is 0.931. The number of fused-ring (bicyclic) bond motifs is 1. The molecule has 0 spiro atoms. The first-order valence-electron chi connectivity index (χ1n) is 4.26. The molecule has 0 saturated heterocycles. The minimum atomic E-state index is 0.653. The fraction of sp³-hybridized carbons (Fsp3) is 0.375. The third kappa shape index (κ3) is 1.74. The Balaban J connectivity index is 0.000000396. The zero-order valence-corrected chi connectivity index (χ0v) is 8.02. The maximum atomic E-state index is 4.04. The van der Waals surface area contributed by atoms with Gasteiger partial charge in [-0.3, -0.25) is 0 Å². The summed E-state index contributed by atoms with van der Waals surface area (Å²) in [5, 5.41) is 14.6. The van der Waals surface area contributed by atoms with Crippen molar-refractivity contribution in [3.8, 4) is 0 Å². The molecule has 0 atom stereocenters. The van der Waals surface area contributed by atoms with Gasteiger partial charge >= 0.3 is 0 Å². The first-order chi connectivity index (χ1) is 6.42. The summed E-state index contributed by atoms with van der Waals surface area (Å²) in [6.45, 7) is 4.00. The van der Waals surface area contributed by atoms with Gasteiger partial charge in [0.05, 0.1) is 0 Å². The Kier molecular flexibility index (Phi) is 3.19. The van der Waals surface area contributed by atoms with Crippen LogP contribution in [0.5, 0.6) is 0 Å². The van der Waals surface area contributed by atoms with Crippen LogP contribution < -0.4 is 5.32 Å². The van der Waals surface area contributed by atoms with E-state index in [2.05, 4.69) is 20.6 Å². The van der Waals surface area contributed by atoms with Crippen LogP contribution in [0, 0.1) is 0 Å². The van der Waals surface area contributed by atoms with E-state index < -0.39 is 0 Å². The zero-order chi connectivity index (χ0) is 9.68. The van der Waals surface area contributed by atoms with Crippen molar-refractivity contribution < 1.29 is 0 Å². The molecule has 0 aliphatic carbocycles. The molecule has 70 valence electrons. The molecule has 0 aliphatic rings. The van der Waals surface area contributed by atoms with Gasteiger partial charge in [0.2, 0.25) is 5.95 Å². The fourth-order valence-corrected chi connectivity index (χ4v) is 0.900. The molecule has 0 unspecified atom stereocenters. The predicted molar refractivity (Wildman–Crippen MR) is 51.7 cm³/mol. The van der Waals surface area contributed by atoms with E-state index in [1.807, 2.05) is 26.0 Å². The van der Waals surface area contributed by atoms with Crippen molar-refractivity contribution in [1.29, 1.82) is 0 Å². The van der Waals surface area contributed by atoms with E-state index in [1.165, 1.54) is 0 Å². The van der Waals surface area contributed by atoms with Crippen LogP contribution in [0.25, 0.3) is 5.65 Å². The largest absolute Gasteiger partial charge is 0.356 e. The molecule has 0 radical (unpaired) electrons. The Morgan fingerprint density at radius 2 is 2.08 bits per heavy atom. The standard InChI is InChI=1S/C6H7N5.C2H6/c1-7-6-10-9-5-3-2-4-8-11(5)6;1-2/h2-4H,1H3,(H,7,10);1-2H3. The second-order valence-electron chi connectivity index (χ2n) is 2.07. The van der Waals surface area contributed by atoms with Gasteiger partial charge in [0, 0.05) is 13.2 Å². The summed E-state index contributed by atoms with van der Waals surface area (Å²) in [4.78, 5) is 0. The Morgan fingerprint density at radius 1 is 1.31 bits per heavy atom. The number of hydrogen-bond acceptors (Lipinski definition) is 4. The van der Waals surface area contributed by atoms with E-state index in [-0.39, 0.29) is 0 Å². The average molecular weight is 179 g/mol. The van der Waals surface area contributed by atoms with Crippen LogP contribution in [-0.4, -0.2) is 26.9 Å². The minimum absolute atomic E-state index is 0.653. The van der Waals surface area contributed by atoms with Crippen molar-refractivity contribution in [2.75, 3.05) is 12.4 Å². The summed E-state index contributed by atoms with van der Waals surface area (Å²) in [5.41, 5.74) is 0.747. The van der Waals surface area contributed by atoms with Crippen molar-refractivity contribution in [3.05, 3.63) is 18.3 Å². The van der Waals surface area contributed by atoms with Crippen molar-refractivity contribution in [3.63, 3.8) is 0 Å². The topological polar surface area (TPSA) is 55.1 Å². The van der Waals surface area contributed by atoms with Gasteiger partial charge in [-0.05, 0) is 12.1 Å². The van der Waals surface area contributed by atoms with Crippen LogP contribution in [0.3, 0.4) is 0 Å². The van der Waals surface area contributed by atoms with Crippen molar-refractivity contribution >= 4 is 11.6 Å². The van der Waals surface area contributed by atoms with Crippen LogP contribution in [0.1, 0.15) is 13.8 Å². The smallest absolute Gasteiger partial charge is 0.245 e. The Morgan fingerprint density at radius 3 is 2.77 bits per heavy atom. The molecule has 0 aliphatic heterocycles. The lowest BCUT2D eigenvalue weighted by Crippen LogP contribution is -1.97. The molecular formula is C8H13N5. The van der Waals surface area contributed by atoms with Crippen LogP contribution >= 0.6 is 0 Å². The van der Waals surface area contributed by atoms with E-state index in [9.17, 15) is 0 Å². The molecule has 0 bridgehead atoms. The molecule has 5 nitrogen and oxygen atoms in total. The molecule has 1 N–H and O–H groups in total. The highest BCUT2D eigenvalue weighted by molar-refractivity contribution is 5.41. The molecule has 2 rings (SSSR count). The Labute approximate surface area is 76.8 Å². The van der Waals surface area contributed by atoms with Gasteiger partial charge in [0.25, 0.3) is 0 Å². The van der Waals surface area contributed by atoms with Crippen LogP contribution in [0.2, 0.25) is 0 Å². The lowest BCUT2D eigenvalue weighted by Gasteiger charge is -1.93. The number of aromatic nitrogens is 4. The third-order valence-corrected chi connectivity index (χ3v) is 1.40. The van der Waals surface area contributed by atoms with Crippen LogP contribution in [0.4, 0.5) is 5.95 Å². The van der Waals surface area contributed by atoms with E-state index in [0.717, 1.165) is 5.65 Å². The minimum Gasteiger partial charge on any atom is -0.356 e. The Hall–Kier alpha value is -1.65. The first-order valence-corrected chi connectivity index (χ1v) is 4.26.